The van der Waals surface area contributed by atoms with Crippen LogP contribution in [-0.4, -0.2) is 22.0 Å². The van der Waals surface area contributed by atoms with E-state index in [2.05, 4.69) is 26.0 Å². The molecule has 0 bridgehead atoms. The number of hydrogen-bond acceptors (Lipinski definition) is 3. The Morgan fingerprint density at radius 2 is 2.05 bits per heavy atom. The number of aryl methyl sites for hydroxylation is 1. The molecule has 20 heavy (non-hydrogen) atoms. The Bertz CT molecular complexity index is 583. The summed E-state index contributed by atoms with van der Waals surface area (Å²) in [4.78, 5) is 0.335. The first kappa shape index (κ1) is 15.9. The Hall–Kier alpha value is -0.430. The van der Waals surface area contributed by atoms with Crippen LogP contribution in [0.4, 0.5) is 0 Å². The first-order valence-electron chi connectivity index (χ1n) is 6.87. The van der Waals surface area contributed by atoms with E-state index in [1.54, 1.807) is 6.07 Å². The Morgan fingerprint density at radius 3 is 2.60 bits per heavy atom. The van der Waals surface area contributed by atoms with Gasteiger partial charge in [0.05, 0.1) is 4.90 Å². The maximum Gasteiger partial charge on any atom is 0.241 e. The first-order chi connectivity index (χ1) is 9.44. The van der Waals surface area contributed by atoms with Crippen LogP contribution in [-0.2, 0) is 16.6 Å². The van der Waals surface area contributed by atoms with Gasteiger partial charge < -0.3 is 5.32 Å². The molecule has 0 radical (unpaired) electrons. The van der Waals surface area contributed by atoms with Crippen molar-refractivity contribution in [3.63, 3.8) is 0 Å². The average molecular weight is 361 g/mol. The first-order valence-corrected chi connectivity index (χ1v) is 9.15. The molecule has 4 nitrogen and oxygen atoms in total. The van der Waals surface area contributed by atoms with Crippen molar-refractivity contribution in [1.82, 2.24) is 10.0 Å². The topological polar surface area (TPSA) is 58.2 Å². The van der Waals surface area contributed by atoms with Crippen molar-refractivity contribution in [2.45, 2.75) is 37.6 Å². The van der Waals surface area contributed by atoms with E-state index in [9.17, 15) is 8.42 Å². The SMILES string of the molecule is CNCc1cc(C)c(Br)c(S(=O)(=O)NCC2CCC2)c1. The van der Waals surface area contributed by atoms with E-state index in [0.29, 0.717) is 28.4 Å². The van der Waals surface area contributed by atoms with Crippen LogP contribution in [0.1, 0.15) is 30.4 Å². The molecule has 0 aromatic heterocycles. The second-order valence-electron chi connectivity index (χ2n) is 5.40. The fourth-order valence-electron chi connectivity index (χ4n) is 2.31. The van der Waals surface area contributed by atoms with Crippen molar-refractivity contribution >= 4 is 26.0 Å². The third-order valence-electron chi connectivity index (χ3n) is 3.74. The van der Waals surface area contributed by atoms with Gasteiger partial charge in [0.1, 0.15) is 0 Å². The lowest BCUT2D eigenvalue weighted by Crippen LogP contribution is -2.32. The highest BCUT2D eigenvalue weighted by Crippen LogP contribution is 2.29. The molecule has 0 amide bonds. The number of halogens is 1. The van der Waals surface area contributed by atoms with Gasteiger partial charge in [-0.1, -0.05) is 12.5 Å². The van der Waals surface area contributed by atoms with Crippen molar-refractivity contribution < 1.29 is 8.42 Å². The van der Waals surface area contributed by atoms with Crippen LogP contribution in [0.25, 0.3) is 0 Å². The van der Waals surface area contributed by atoms with E-state index in [4.69, 9.17) is 0 Å². The van der Waals surface area contributed by atoms with E-state index in [1.165, 1.54) is 6.42 Å². The maximum atomic E-state index is 12.4. The molecular formula is C14H21BrN2O2S. The molecule has 6 heteroatoms. The molecule has 0 saturated heterocycles. The zero-order chi connectivity index (χ0) is 14.8. The van der Waals surface area contributed by atoms with E-state index in [0.717, 1.165) is 24.0 Å². The van der Waals surface area contributed by atoms with Gasteiger partial charge in [-0.3, -0.25) is 0 Å². The molecule has 1 aliphatic carbocycles. The largest absolute Gasteiger partial charge is 0.316 e. The van der Waals surface area contributed by atoms with Crippen molar-refractivity contribution in [3.05, 3.63) is 27.7 Å². The Labute approximate surface area is 129 Å². The van der Waals surface area contributed by atoms with Crippen LogP contribution in [0.15, 0.2) is 21.5 Å². The standard InChI is InChI=1S/C14H21BrN2O2S/c1-10-6-12(8-16-2)7-13(14(10)15)20(18,19)17-9-11-4-3-5-11/h6-7,11,16-17H,3-5,8-9H2,1-2H3. The fourth-order valence-corrected chi connectivity index (χ4v) is 4.50. The highest BCUT2D eigenvalue weighted by Gasteiger charge is 2.23. The third kappa shape index (κ3) is 3.61. The van der Waals surface area contributed by atoms with Crippen molar-refractivity contribution in [2.24, 2.45) is 5.92 Å². The minimum Gasteiger partial charge on any atom is -0.316 e. The predicted octanol–water partition coefficient (Wildman–Crippen LogP) is 2.56. The van der Waals surface area contributed by atoms with Crippen LogP contribution in [0, 0.1) is 12.8 Å². The summed E-state index contributed by atoms with van der Waals surface area (Å²) in [6, 6.07) is 3.72. The van der Waals surface area contributed by atoms with Crippen molar-refractivity contribution in [1.29, 1.82) is 0 Å². The molecule has 1 aromatic carbocycles. The zero-order valence-corrected chi connectivity index (χ0v) is 14.3. The van der Waals surface area contributed by atoms with Crippen LogP contribution >= 0.6 is 15.9 Å². The van der Waals surface area contributed by atoms with Gasteiger partial charge in [0.15, 0.2) is 0 Å². The van der Waals surface area contributed by atoms with E-state index < -0.39 is 10.0 Å². The zero-order valence-electron chi connectivity index (χ0n) is 11.9. The molecule has 0 unspecified atom stereocenters. The summed E-state index contributed by atoms with van der Waals surface area (Å²) in [5.41, 5.74) is 1.90. The van der Waals surface area contributed by atoms with Crippen LogP contribution < -0.4 is 10.0 Å². The van der Waals surface area contributed by atoms with Gasteiger partial charge in [0.25, 0.3) is 0 Å². The summed E-state index contributed by atoms with van der Waals surface area (Å²) >= 11 is 3.40. The highest BCUT2D eigenvalue weighted by atomic mass is 79.9. The maximum absolute atomic E-state index is 12.4. The molecule has 2 N–H and O–H groups in total. The average Bonchev–Trinajstić information content (AvgIpc) is 2.31. The van der Waals surface area contributed by atoms with Gasteiger partial charge in [0.2, 0.25) is 10.0 Å². The molecule has 0 heterocycles. The third-order valence-corrected chi connectivity index (χ3v) is 6.50. The molecule has 1 fully saturated rings. The smallest absolute Gasteiger partial charge is 0.241 e. The summed E-state index contributed by atoms with van der Waals surface area (Å²) < 4.78 is 28.3. The van der Waals surface area contributed by atoms with Gasteiger partial charge in [-0.25, -0.2) is 13.1 Å². The monoisotopic (exact) mass is 360 g/mol. The number of nitrogens with one attached hydrogen (secondary N) is 2. The molecule has 1 aliphatic rings. The minimum atomic E-state index is -3.45. The molecule has 0 aliphatic heterocycles. The van der Waals surface area contributed by atoms with Crippen LogP contribution in [0.5, 0.6) is 0 Å². The lowest BCUT2D eigenvalue weighted by molar-refractivity contribution is 0.316. The van der Waals surface area contributed by atoms with Crippen LogP contribution in [0.2, 0.25) is 0 Å². The normalized spacial score (nSPS) is 16.1. The number of rotatable bonds is 6. The second-order valence-corrected chi connectivity index (χ2v) is 7.93. The molecule has 1 aromatic rings. The Morgan fingerprint density at radius 1 is 1.35 bits per heavy atom. The number of benzene rings is 1. The second kappa shape index (κ2) is 6.56. The lowest BCUT2D eigenvalue weighted by atomic mass is 9.86. The lowest BCUT2D eigenvalue weighted by Gasteiger charge is -2.25. The summed E-state index contributed by atoms with van der Waals surface area (Å²) in [5.74, 6) is 0.505. The highest BCUT2D eigenvalue weighted by molar-refractivity contribution is 9.10. The minimum absolute atomic E-state index is 0.335. The van der Waals surface area contributed by atoms with Gasteiger partial charge in [0, 0.05) is 17.6 Å². The van der Waals surface area contributed by atoms with Gasteiger partial charge in [-0.05, 0) is 65.9 Å². The molecule has 0 spiro atoms. The number of hydrogen-bond donors (Lipinski definition) is 2. The van der Waals surface area contributed by atoms with Gasteiger partial charge >= 0.3 is 0 Å². The summed E-state index contributed by atoms with van der Waals surface area (Å²) in [6.45, 7) is 3.11. The van der Waals surface area contributed by atoms with Crippen molar-refractivity contribution in [2.75, 3.05) is 13.6 Å². The van der Waals surface area contributed by atoms with Gasteiger partial charge in [-0.15, -0.1) is 0 Å². The predicted molar refractivity (Wildman–Crippen MR) is 84.2 cm³/mol. The quantitative estimate of drug-likeness (QED) is 0.819. The number of sulfonamides is 1. The molecular weight excluding hydrogens is 340 g/mol. The van der Waals surface area contributed by atoms with Crippen LogP contribution in [0.3, 0.4) is 0 Å². The van der Waals surface area contributed by atoms with E-state index in [1.807, 2.05) is 20.0 Å². The Kier molecular flexibility index (Phi) is 5.23. The molecule has 2 rings (SSSR count). The van der Waals surface area contributed by atoms with Gasteiger partial charge in [-0.2, -0.15) is 0 Å². The molecule has 0 atom stereocenters. The Balaban J connectivity index is 2.24. The van der Waals surface area contributed by atoms with Crippen molar-refractivity contribution in [3.8, 4) is 0 Å². The summed E-state index contributed by atoms with van der Waals surface area (Å²) in [6.07, 6.45) is 3.47. The summed E-state index contributed by atoms with van der Waals surface area (Å²) in [5, 5.41) is 3.05. The fraction of sp³-hybridized carbons (Fsp3) is 0.571. The summed E-state index contributed by atoms with van der Waals surface area (Å²) in [7, 11) is -1.60. The van der Waals surface area contributed by atoms with E-state index >= 15 is 0 Å². The molecule has 112 valence electrons. The molecule has 1 saturated carbocycles. The van der Waals surface area contributed by atoms with E-state index in [-0.39, 0.29) is 0 Å².